The molecule has 0 amide bonds. The average Bonchev–Trinajstić information content (AvgIpc) is 1.90. The van der Waals surface area contributed by atoms with Gasteiger partial charge in [0.25, 0.3) is 0 Å². The fourth-order valence-corrected chi connectivity index (χ4v) is 1.49. The molecular formula is C5H10O2S. The topological polar surface area (TPSA) is 29.5 Å². The Labute approximate surface area is 53.2 Å². The van der Waals surface area contributed by atoms with Crippen molar-refractivity contribution in [1.29, 1.82) is 0 Å². The first kappa shape index (κ1) is 6.39. The predicted octanol–water partition coefficient (Wildman–Crippen LogP) is 0.458. The lowest BCUT2D eigenvalue weighted by atomic mass is 10.5. The molecule has 1 aliphatic heterocycles. The molecule has 1 saturated heterocycles. The molecule has 0 aromatic rings. The molecule has 1 fully saturated rings. The van der Waals surface area contributed by atoms with E-state index in [4.69, 9.17) is 9.84 Å². The lowest BCUT2D eigenvalue weighted by molar-refractivity contribution is 0.0633. The van der Waals surface area contributed by atoms with Gasteiger partial charge in [-0.1, -0.05) is 0 Å². The minimum atomic E-state index is 0.0590. The van der Waals surface area contributed by atoms with Crippen LogP contribution < -0.4 is 0 Å². The predicted molar refractivity (Wildman–Crippen MR) is 33.9 cm³/mol. The third-order valence-electron chi connectivity index (χ3n) is 1.05. The zero-order chi connectivity index (χ0) is 5.82. The van der Waals surface area contributed by atoms with Crippen molar-refractivity contribution in [3.05, 3.63) is 0 Å². The van der Waals surface area contributed by atoms with Crippen LogP contribution in [0.1, 0.15) is 6.42 Å². The monoisotopic (exact) mass is 134 g/mol. The summed E-state index contributed by atoms with van der Waals surface area (Å²) < 4.78 is 5.14. The van der Waals surface area contributed by atoms with E-state index in [-0.39, 0.29) is 12.0 Å². The van der Waals surface area contributed by atoms with Crippen LogP contribution in [0.25, 0.3) is 0 Å². The maximum absolute atomic E-state index is 8.55. The zero-order valence-corrected chi connectivity index (χ0v) is 5.49. The molecule has 8 heavy (non-hydrogen) atoms. The Morgan fingerprint density at radius 1 is 1.75 bits per heavy atom. The molecular weight excluding hydrogens is 124 g/mol. The van der Waals surface area contributed by atoms with Gasteiger partial charge < -0.3 is 9.84 Å². The zero-order valence-electron chi connectivity index (χ0n) is 4.67. The van der Waals surface area contributed by atoms with E-state index < -0.39 is 0 Å². The normalized spacial score (nSPS) is 30.4. The number of rotatable bonds is 1. The van der Waals surface area contributed by atoms with Gasteiger partial charge in [0.2, 0.25) is 0 Å². The van der Waals surface area contributed by atoms with Gasteiger partial charge in [0.05, 0.1) is 6.61 Å². The second-order valence-corrected chi connectivity index (χ2v) is 2.97. The molecule has 0 radical (unpaired) electrons. The Bertz CT molecular complexity index is 61.4. The Kier molecular flexibility index (Phi) is 2.66. The van der Waals surface area contributed by atoms with Crippen LogP contribution in [0.5, 0.6) is 0 Å². The van der Waals surface area contributed by atoms with Crippen LogP contribution in [0.4, 0.5) is 0 Å². The lowest BCUT2D eigenvalue weighted by Crippen LogP contribution is -2.19. The highest BCUT2D eigenvalue weighted by molar-refractivity contribution is 7.99. The number of thioether (sulfide) groups is 1. The molecule has 0 saturated carbocycles. The quantitative estimate of drug-likeness (QED) is 0.565. The Balaban J connectivity index is 2.13. The molecule has 1 aliphatic rings. The second kappa shape index (κ2) is 3.33. The van der Waals surface area contributed by atoms with Crippen molar-refractivity contribution in [3.63, 3.8) is 0 Å². The van der Waals surface area contributed by atoms with Gasteiger partial charge in [0.1, 0.15) is 5.44 Å². The number of aliphatic hydroxyl groups excluding tert-OH is 1. The summed E-state index contributed by atoms with van der Waals surface area (Å²) >= 11 is 1.69. The van der Waals surface area contributed by atoms with Crippen molar-refractivity contribution in [3.8, 4) is 0 Å². The van der Waals surface area contributed by atoms with Crippen molar-refractivity contribution in [2.75, 3.05) is 19.0 Å². The minimum Gasteiger partial charge on any atom is -0.393 e. The number of hydrogen-bond acceptors (Lipinski definition) is 3. The van der Waals surface area contributed by atoms with E-state index in [0.717, 1.165) is 18.8 Å². The highest BCUT2D eigenvalue weighted by atomic mass is 32.2. The van der Waals surface area contributed by atoms with E-state index in [1.807, 2.05) is 0 Å². The van der Waals surface area contributed by atoms with Crippen LogP contribution >= 0.6 is 11.8 Å². The minimum absolute atomic E-state index is 0.0590. The maximum atomic E-state index is 8.55. The second-order valence-electron chi connectivity index (χ2n) is 1.71. The summed E-state index contributed by atoms with van der Waals surface area (Å²) in [6, 6.07) is 0. The number of ether oxygens (including phenoxy) is 1. The molecule has 0 spiro atoms. The third kappa shape index (κ3) is 1.65. The van der Waals surface area contributed by atoms with E-state index in [1.54, 1.807) is 11.8 Å². The molecule has 0 bridgehead atoms. The van der Waals surface area contributed by atoms with Gasteiger partial charge >= 0.3 is 0 Å². The number of aliphatic hydroxyl groups is 1. The average molecular weight is 134 g/mol. The van der Waals surface area contributed by atoms with Gasteiger partial charge in [0.15, 0.2) is 0 Å². The summed E-state index contributed by atoms with van der Waals surface area (Å²) in [5.74, 6) is 1.13. The molecule has 1 atom stereocenters. The number of hydrogen-bond donors (Lipinski definition) is 1. The van der Waals surface area contributed by atoms with E-state index in [0.29, 0.717) is 0 Å². The standard InChI is InChI=1S/C5H10O2S/c6-4-5-7-2-1-3-8-5/h5-6H,1-4H2. The van der Waals surface area contributed by atoms with Crippen molar-refractivity contribution in [2.24, 2.45) is 0 Å². The van der Waals surface area contributed by atoms with Gasteiger partial charge in [-0.15, -0.1) is 11.8 Å². The van der Waals surface area contributed by atoms with Crippen LogP contribution in [0.2, 0.25) is 0 Å². The summed E-state index contributed by atoms with van der Waals surface area (Å²) in [7, 11) is 0. The first-order valence-corrected chi connectivity index (χ1v) is 3.82. The SMILES string of the molecule is OCC1OCCCS1. The van der Waals surface area contributed by atoms with Gasteiger partial charge in [-0.05, 0) is 12.2 Å². The summed E-state index contributed by atoms with van der Waals surface area (Å²) in [5.41, 5.74) is 0.0590. The molecule has 48 valence electrons. The van der Waals surface area contributed by atoms with Crippen LogP contribution in [0, 0.1) is 0 Å². The largest absolute Gasteiger partial charge is 0.393 e. The molecule has 1 heterocycles. The van der Waals surface area contributed by atoms with E-state index in [2.05, 4.69) is 0 Å². The summed E-state index contributed by atoms with van der Waals surface area (Å²) in [5, 5.41) is 8.55. The van der Waals surface area contributed by atoms with Crippen LogP contribution in [-0.4, -0.2) is 29.5 Å². The van der Waals surface area contributed by atoms with Crippen molar-refractivity contribution in [2.45, 2.75) is 11.9 Å². The molecule has 1 unspecified atom stereocenters. The first-order valence-electron chi connectivity index (χ1n) is 2.77. The summed E-state index contributed by atoms with van der Waals surface area (Å²) in [4.78, 5) is 0. The fourth-order valence-electron chi connectivity index (χ4n) is 0.642. The van der Waals surface area contributed by atoms with Gasteiger partial charge in [-0.3, -0.25) is 0 Å². The fraction of sp³-hybridized carbons (Fsp3) is 1.00. The van der Waals surface area contributed by atoms with E-state index in [1.165, 1.54) is 0 Å². The summed E-state index contributed by atoms with van der Waals surface area (Å²) in [6.45, 7) is 0.975. The van der Waals surface area contributed by atoms with E-state index >= 15 is 0 Å². The highest BCUT2D eigenvalue weighted by Crippen LogP contribution is 2.17. The van der Waals surface area contributed by atoms with Gasteiger partial charge in [0, 0.05) is 6.61 Å². The van der Waals surface area contributed by atoms with E-state index in [9.17, 15) is 0 Å². The van der Waals surface area contributed by atoms with Crippen molar-refractivity contribution >= 4 is 11.8 Å². The van der Waals surface area contributed by atoms with Gasteiger partial charge in [-0.2, -0.15) is 0 Å². The van der Waals surface area contributed by atoms with Crippen molar-refractivity contribution < 1.29 is 9.84 Å². The lowest BCUT2D eigenvalue weighted by Gasteiger charge is -2.19. The molecule has 1 rings (SSSR count). The maximum Gasteiger partial charge on any atom is 0.126 e. The molecule has 0 aromatic heterocycles. The van der Waals surface area contributed by atoms with Crippen LogP contribution in [0.3, 0.4) is 0 Å². The molecule has 2 nitrogen and oxygen atoms in total. The van der Waals surface area contributed by atoms with Crippen molar-refractivity contribution in [1.82, 2.24) is 0 Å². The molecule has 3 heteroatoms. The Morgan fingerprint density at radius 2 is 2.62 bits per heavy atom. The molecule has 0 aliphatic carbocycles. The highest BCUT2D eigenvalue weighted by Gasteiger charge is 2.11. The smallest absolute Gasteiger partial charge is 0.126 e. The van der Waals surface area contributed by atoms with Crippen LogP contribution in [-0.2, 0) is 4.74 Å². The Morgan fingerprint density at radius 3 is 3.00 bits per heavy atom. The Hall–Kier alpha value is 0.270. The summed E-state index contributed by atoms with van der Waals surface area (Å²) in [6.07, 6.45) is 1.13. The molecule has 1 N–H and O–H groups in total. The van der Waals surface area contributed by atoms with Crippen LogP contribution in [0.15, 0.2) is 0 Å². The van der Waals surface area contributed by atoms with Gasteiger partial charge in [-0.25, -0.2) is 0 Å². The molecule has 0 aromatic carbocycles. The third-order valence-corrected chi connectivity index (χ3v) is 2.23. The first-order chi connectivity index (χ1) is 3.93.